The zero-order valence-corrected chi connectivity index (χ0v) is 19.2. The molecule has 0 heterocycles. The summed E-state index contributed by atoms with van der Waals surface area (Å²) >= 11 is 2.54. The molecule has 0 spiro atoms. The maximum Gasteiger partial charge on any atom is 0.0494 e. The molecule has 154 valence electrons. The van der Waals surface area contributed by atoms with Crippen LogP contribution in [0.5, 0.6) is 0 Å². The smallest absolute Gasteiger partial charge is 0.0494 e. The van der Waals surface area contributed by atoms with E-state index in [0.29, 0.717) is 0 Å². The van der Waals surface area contributed by atoms with Crippen LogP contribution in [0.15, 0.2) is 0 Å². The molecule has 0 bridgehead atoms. The van der Waals surface area contributed by atoms with Crippen molar-refractivity contribution in [2.45, 2.75) is 71.1 Å². The van der Waals surface area contributed by atoms with Crippen molar-refractivity contribution >= 4 is 22.6 Å². The van der Waals surface area contributed by atoms with Gasteiger partial charge >= 0.3 is 0 Å². The first-order valence-electron chi connectivity index (χ1n) is 11.2. The van der Waals surface area contributed by atoms with E-state index in [2.05, 4.69) is 34.8 Å². The minimum atomic E-state index is 0.826. The van der Waals surface area contributed by atoms with Gasteiger partial charge in [0.25, 0.3) is 0 Å². The molecule has 2 aliphatic carbocycles. The van der Waals surface area contributed by atoms with Gasteiger partial charge in [0.05, 0.1) is 0 Å². The lowest BCUT2D eigenvalue weighted by Gasteiger charge is -2.27. The van der Waals surface area contributed by atoms with E-state index in [1.165, 1.54) is 55.8 Å². The van der Waals surface area contributed by atoms with Crippen LogP contribution in [0.2, 0.25) is 0 Å². The summed E-state index contributed by atoms with van der Waals surface area (Å²) in [5.74, 6) is 3.57. The summed E-state index contributed by atoms with van der Waals surface area (Å²) in [7, 11) is 0. The summed E-state index contributed by atoms with van der Waals surface area (Å²) in [5.41, 5.74) is 0. The van der Waals surface area contributed by atoms with E-state index in [1.807, 2.05) is 0 Å². The Labute approximate surface area is 175 Å². The van der Waals surface area contributed by atoms with Crippen molar-refractivity contribution < 1.29 is 9.47 Å². The summed E-state index contributed by atoms with van der Waals surface area (Å²) in [4.78, 5) is 0. The molecule has 0 aliphatic heterocycles. The summed E-state index contributed by atoms with van der Waals surface area (Å²) in [6.45, 7) is 8.32. The highest BCUT2D eigenvalue weighted by atomic mass is 127. The summed E-state index contributed by atoms with van der Waals surface area (Å²) in [6, 6.07) is 0. The molecule has 2 fully saturated rings. The third kappa shape index (κ3) is 10.2. The lowest BCUT2D eigenvalue weighted by atomic mass is 9.83. The zero-order chi connectivity index (χ0) is 18.5. The van der Waals surface area contributed by atoms with Crippen molar-refractivity contribution in [2.75, 3.05) is 43.9 Å². The monoisotopic (exact) mass is 479 g/mol. The number of hydrogen-bond donors (Lipinski definition) is 1. The maximum atomic E-state index is 5.90. The molecule has 2 aliphatic rings. The lowest BCUT2D eigenvalue weighted by molar-refractivity contribution is 0.0752. The van der Waals surface area contributed by atoms with Crippen molar-refractivity contribution in [2.24, 2.45) is 23.7 Å². The van der Waals surface area contributed by atoms with Gasteiger partial charge in [0.15, 0.2) is 0 Å². The molecule has 0 aromatic heterocycles. The molecule has 0 aromatic rings. The van der Waals surface area contributed by atoms with Crippen LogP contribution in [0.4, 0.5) is 0 Å². The third-order valence-electron chi connectivity index (χ3n) is 6.31. The van der Waals surface area contributed by atoms with Gasteiger partial charge in [0, 0.05) is 30.9 Å². The van der Waals surface area contributed by atoms with Gasteiger partial charge in [0.2, 0.25) is 0 Å². The highest BCUT2D eigenvalue weighted by Gasteiger charge is 2.20. The van der Waals surface area contributed by atoms with Gasteiger partial charge in [-0.3, -0.25) is 0 Å². The van der Waals surface area contributed by atoms with Crippen LogP contribution in [0.3, 0.4) is 0 Å². The zero-order valence-electron chi connectivity index (χ0n) is 17.0. The van der Waals surface area contributed by atoms with E-state index >= 15 is 0 Å². The molecular weight excluding hydrogens is 437 g/mol. The van der Waals surface area contributed by atoms with Crippen LogP contribution in [-0.4, -0.2) is 43.9 Å². The topological polar surface area (TPSA) is 30.5 Å². The Kier molecular flexibility index (Phi) is 12.8. The average Bonchev–Trinajstić information content (AvgIpc) is 2.68. The Morgan fingerprint density at radius 2 is 1.19 bits per heavy atom. The molecule has 0 amide bonds. The van der Waals surface area contributed by atoms with Gasteiger partial charge in [-0.15, -0.1) is 0 Å². The minimum absolute atomic E-state index is 0.826. The first-order chi connectivity index (χ1) is 12.8. The molecule has 2 rings (SSSR count). The summed E-state index contributed by atoms with van der Waals surface area (Å²) < 4.78 is 13.1. The second-order valence-corrected chi connectivity index (χ2v) is 9.65. The quantitative estimate of drug-likeness (QED) is 0.216. The number of alkyl halides is 1. The Balaban J connectivity index is 1.28. The fraction of sp³-hybridized carbons (Fsp3) is 1.00. The molecule has 1 N–H and O–H groups in total. The average molecular weight is 479 g/mol. The molecule has 0 atom stereocenters. The van der Waals surface area contributed by atoms with E-state index < -0.39 is 0 Å². The summed E-state index contributed by atoms with van der Waals surface area (Å²) in [5, 5.41) is 3.52. The minimum Gasteiger partial charge on any atom is -0.381 e. The highest BCUT2D eigenvalue weighted by Crippen LogP contribution is 2.30. The van der Waals surface area contributed by atoms with Gasteiger partial charge in [-0.1, -0.05) is 42.4 Å². The van der Waals surface area contributed by atoms with Gasteiger partial charge in [-0.2, -0.15) is 0 Å². The van der Waals surface area contributed by atoms with Crippen molar-refractivity contribution in [1.29, 1.82) is 0 Å². The molecule has 26 heavy (non-hydrogen) atoms. The highest BCUT2D eigenvalue weighted by molar-refractivity contribution is 14.1. The first-order valence-corrected chi connectivity index (χ1v) is 12.7. The second kappa shape index (κ2) is 14.6. The lowest BCUT2D eigenvalue weighted by Crippen LogP contribution is -2.22. The molecule has 3 nitrogen and oxygen atoms in total. The third-order valence-corrected chi connectivity index (χ3v) is 7.56. The van der Waals surface area contributed by atoms with Crippen LogP contribution >= 0.6 is 22.6 Å². The van der Waals surface area contributed by atoms with E-state index in [9.17, 15) is 0 Å². The van der Waals surface area contributed by atoms with E-state index in [0.717, 1.165) is 76.0 Å². The van der Waals surface area contributed by atoms with Crippen molar-refractivity contribution in [3.05, 3.63) is 0 Å². The predicted octanol–water partition coefficient (Wildman–Crippen LogP) is 5.46. The van der Waals surface area contributed by atoms with Gasteiger partial charge in [-0.05, 0) is 88.1 Å². The van der Waals surface area contributed by atoms with E-state index in [4.69, 9.17) is 9.47 Å². The van der Waals surface area contributed by atoms with E-state index in [1.54, 1.807) is 0 Å². The van der Waals surface area contributed by atoms with Crippen LogP contribution < -0.4 is 5.32 Å². The van der Waals surface area contributed by atoms with Gasteiger partial charge in [-0.25, -0.2) is 0 Å². The molecule has 4 heteroatoms. The van der Waals surface area contributed by atoms with E-state index in [-0.39, 0.29) is 0 Å². The van der Waals surface area contributed by atoms with Crippen LogP contribution in [0.1, 0.15) is 71.1 Å². The van der Waals surface area contributed by atoms with Crippen LogP contribution in [-0.2, 0) is 9.47 Å². The Morgan fingerprint density at radius 3 is 1.69 bits per heavy atom. The number of ether oxygens (including phenoxy) is 2. The molecule has 0 aromatic carbocycles. The largest absolute Gasteiger partial charge is 0.381 e. The molecule has 0 radical (unpaired) electrons. The van der Waals surface area contributed by atoms with Gasteiger partial charge in [0.1, 0.15) is 0 Å². The van der Waals surface area contributed by atoms with Crippen LogP contribution in [0.25, 0.3) is 0 Å². The van der Waals surface area contributed by atoms with Crippen molar-refractivity contribution in [3.63, 3.8) is 0 Å². The fourth-order valence-corrected chi connectivity index (χ4v) is 5.15. The molecule has 0 unspecified atom stereocenters. The molecule has 2 saturated carbocycles. The second-order valence-electron chi connectivity index (χ2n) is 8.77. The normalized spacial score (nSPS) is 29.8. The standard InChI is InChI=1S/C22H42INO2/c1-19-4-6-21(7-5-19)17-25-14-2-12-24-13-3-15-26-18-22-10-8-20(16-23)9-11-22/h19-22,24H,2-18H2,1H3. The van der Waals surface area contributed by atoms with Crippen molar-refractivity contribution in [1.82, 2.24) is 5.32 Å². The number of nitrogens with one attached hydrogen (secondary N) is 1. The number of halogens is 1. The fourth-order valence-electron chi connectivity index (χ4n) is 4.27. The summed E-state index contributed by atoms with van der Waals surface area (Å²) in [6.07, 6.45) is 13.4. The maximum absolute atomic E-state index is 5.90. The Bertz CT molecular complexity index is 326. The first kappa shape index (κ1) is 22.9. The Hall–Kier alpha value is 0.610. The SMILES string of the molecule is CC1CCC(COCCCNCCCOCC2CCC(CI)CC2)CC1. The molecular formula is C22H42INO2. The van der Waals surface area contributed by atoms with Gasteiger partial charge < -0.3 is 14.8 Å². The van der Waals surface area contributed by atoms with Crippen molar-refractivity contribution in [3.8, 4) is 0 Å². The number of hydrogen-bond acceptors (Lipinski definition) is 3. The predicted molar refractivity (Wildman–Crippen MR) is 119 cm³/mol. The number of rotatable bonds is 13. The molecule has 0 saturated heterocycles. The Morgan fingerprint density at radius 1 is 0.731 bits per heavy atom. The van der Waals surface area contributed by atoms with Crippen LogP contribution in [0, 0.1) is 23.7 Å².